The number of hydrogen-bond donors (Lipinski definition) is 1. The highest BCUT2D eigenvalue weighted by molar-refractivity contribution is 5.96. The van der Waals surface area contributed by atoms with E-state index in [-0.39, 0.29) is 12.4 Å². The number of ether oxygens (including phenoxy) is 3. The minimum absolute atomic E-state index is 0.259. The summed E-state index contributed by atoms with van der Waals surface area (Å²) in [5.74, 6) is -0.0664. The third-order valence-corrected chi connectivity index (χ3v) is 4.42. The number of amidine groups is 1. The zero-order valence-electron chi connectivity index (χ0n) is 18.3. The van der Waals surface area contributed by atoms with Crippen molar-refractivity contribution in [3.63, 3.8) is 0 Å². The summed E-state index contributed by atoms with van der Waals surface area (Å²) >= 11 is 0. The maximum Gasteiger partial charge on any atom is 0.573 e. The van der Waals surface area contributed by atoms with Crippen LogP contribution >= 0.6 is 0 Å². The first-order valence-corrected chi connectivity index (χ1v) is 10.0. The number of fused-ring (bicyclic) bond motifs is 1. The zero-order valence-corrected chi connectivity index (χ0v) is 18.3. The van der Waals surface area contributed by atoms with E-state index in [1.165, 1.54) is 18.2 Å². The van der Waals surface area contributed by atoms with Gasteiger partial charge in [0.05, 0.1) is 29.8 Å². The fourth-order valence-corrected chi connectivity index (χ4v) is 3.10. The number of aromatic nitrogens is 2. The summed E-state index contributed by atoms with van der Waals surface area (Å²) in [5.41, 5.74) is 2.02. The van der Waals surface area contributed by atoms with Crippen molar-refractivity contribution in [1.29, 1.82) is 0 Å². The number of aliphatic imine (C=N–C) groups is 1. The molecule has 2 aromatic carbocycles. The summed E-state index contributed by atoms with van der Waals surface area (Å²) < 4.78 is 53.4. The Morgan fingerprint density at radius 2 is 2.00 bits per heavy atom. The van der Waals surface area contributed by atoms with Crippen molar-refractivity contribution in [2.75, 3.05) is 25.6 Å². The van der Waals surface area contributed by atoms with Crippen LogP contribution in [0.5, 0.6) is 5.75 Å². The van der Waals surface area contributed by atoms with E-state index in [0.29, 0.717) is 41.7 Å². The van der Waals surface area contributed by atoms with Crippen LogP contribution in [0.3, 0.4) is 0 Å². The van der Waals surface area contributed by atoms with Crippen molar-refractivity contribution in [1.82, 2.24) is 9.55 Å². The van der Waals surface area contributed by atoms with E-state index < -0.39 is 12.3 Å². The molecule has 3 aromatic rings. The molecule has 0 spiro atoms. The second-order valence-electron chi connectivity index (χ2n) is 6.88. The number of rotatable bonds is 8. The number of carbonyl (C=O) groups is 1. The number of benzene rings is 2. The molecule has 1 N–H and O–H groups in total. The Kier molecular flexibility index (Phi) is 7.54. The van der Waals surface area contributed by atoms with Crippen LogP contribution < -0.4 is 10.1 Å². The highest BCUT2D eigenvalue weighted by Crippen LogP contribution is 2.26. The topological polar surface area (TPSA) is 87.0 Å². The van der Waals surface area contributed by atoms with Gasteiger partial charge in [0, 0.05) is 25.4 Å². The Balaban J connectivity index is 1.91. The van der Waals surface area contributed by atoms with Crippen LogP contribution in [-0.4, -0.2) is 48.0 Å². The van der Waals surface area contributed by atoms with Crippen LogP contribution in [0.4, 0.5) is 24.8 Å². The van der Waals surface area contributed by atoms with Gasteiger partial charge in [-0.3, -0.25) is 0 Å². The molecule has 11 heteroatoms. The van der Waals surface area contributed by atoms with Gasteiger partial charge in [0.1, 0.15) is 11.6 Å². The fraction of sp³-hybridized carbons (Fsp3) is 0.318. The van der Waals surface area contributed by atoms with E-state index in [1.807, 2.05) is 4.57 Å². The molecule has 176 valence electrons. The molecule has 0 aliphatic carbocycles. The Morgan fingerprint density at radius 3 is 2.70 bits per heavy atom. The van der Waals surface area contributed by atoms with Gasteiger partial charge in [0.15, 0.2) is 0 Å². The molecule has 0 saturated heterocycles. The SMILES string of the molecule is CCOC(=O)c1ccc2c(c1)nc(/N=C(/C)Nc1cccc(OC(F)(F)F)c1)n2CCOC. The number of imidazole rings is 1. The predicted octanol–water partition coefficient (Wildman–Crippen LogP) is 4.92. The van der Waals surface area contributed by atoms with Crippen molar-refractivity contribution in [3.8, 4) is 5.75 Å². The molecule has 0 aliphatic rings. The predicted molar refractivity (Wildman–Crippen MR) is 117 cm³/mol. The highest BCUT2D eigenvalue weighted by atomic mass is 19.4. The third-order valence-electron chi connectivity index (χ3n) is 4.42. The van der Waals surface area contributed by atoms with Crippen LogP contribution in [0.15, 0.2) is 47.5 Å². The van der Waals surface area contributed by atoms with Crippen molar-refractivity contribution >= 4 is 34.5 Å². The molecule has 0 saturated carbocycles. The van der Waals surface area contributed by atoms with E-state index in [9.17, 15) is 18.0 Å². The summed E-state index contributed by atoms with van der Waals surface area (Å²) in [6.07, 6.45) is -4.78. The lowest BCUT2D eigenvalue weighted by molar-refractivity contribution is -0.274. The molecular weight excluding hydrogens is 441 g/mol. The van der Waals surface area contributed by atoms with Crippen molar-refractivity contribution in [3.05, 3.63) is 48.0 Å². The zero-order chi connectivity index (χ0) is 24.0. The Morgan fingerprint density at radius 1 is 1.21 bits per heavy atom. The first-order chi connectivity index (χ1) is 15.7. The molecule has 8 nitrogen and oxygen atoms in total. The second kappa shape index (κ2) is 10.3. The standard InChI is InChI=1S/C22H23F3N4O4/c1-4-32-20(30)15-8-9-19-18(12-15)28-21(29(19)10-11-31-3)27-14(2)26-16-6-5-7-17(13-16)33-22(23,24)25/h5-9,12-13H,4,10-11H2,1-3H3,(H,26,27,28). The number of nitrogens with one attached hydrogen (secondary N) is 1. The van der Waals surface area contributed by atoms with Crippen molar-refractivity contribution in [2.45, 2.75) is 26.8 Å². The highest BCUT2D eigenvalue weighted by Gasteiger charge is 2.31. The average Bonchev–Trinajstić information content (AvgIpc) is 3.07. The van der Waals surface area contributed by atoms with Gasteiger partial charge in [-0.2, -0.15) is 4.99 Å². The van der Waals surface area contributed by atoms with Crippen LogP contribution in [0.2, 0.25) is 0 Å². The molecule has 0 atom stereocenters. The molecule has 3 rings (SSSR count). The molecule has 0 amide bonds. The van der Waals surface area contributed by atoms with E-state index in [1.54, 1.807) is 45.2 Å². The number of carbonyl (C=O) groups excluding carboxylic acids is 1. The Bertz CT molecular complexity index is 1160. The molecule has 0 unspecified atom stereocenters. The van der Waals surface area contributed by atoms with Gasteiger partial charge in [0.2, 0.25) is 5.95 Å². The van der Waals surface area contributed by atoms with E-state index in [2.05, 4.69) is 20.0 Å². The minimum atomic E-state index is -4.78. The van der Waals surface area contributed by atoms with Gasteiger partial charge < -0.3 is 24.1 Å². The molecule has 0 radical (unpaired) electrons. The number of halogens is 3. The maximum absolute atomic E-state index is 12.5. The number of nitrogens with zero attached hydrogens (tertiary/aromatic N) is 3. The monoisotopic (exact) mass is 464 g/mol. The first-order valence-electron chi connectivity index (χ1n) is 10.0. The molecule has 0 fully saturated rings. The summed E-state index contributed by atoms with van der Waals surface area (Å²) in [4.78, 5) is 21.0. The molecule has 0 bridgehead atoms. The van der Waals surface area contributed by atoms with Gasteiger partial charge >= 0.3 is 12.3 Å². The summed E-state index contributed by atoms with van der Waals surface area (Å²) in [6, 6.07) is 10.5. The Labute approximate surface area is 188 Å². The number of esters is 1. The molecular formula is C22H23F3N4O4. The van der Waals surface area contributed by atoms with Gasteiger partial charge in [-0.05, 0) is 44.2 Å². The number of anilines is 1. The molecule has 33 heavy (non-hydrogen) atoms. The van der Waals surface area contributed by atoms with Gasteiger partial charge in [0.25, 0.3) is 0 Å². The fourth-order valence-electron chi connectivity index (χ4n) is 3.10. The van der Waals surface area contributed by atoms with E-state index in [0.717, 1.165) is 5.52 Å². The van der Waals surface area contributed by atoms with E-state index in [4.69, 9.17) is 9.47 Å². The number of alkyl halides is 3. The van der Waals surface area contributed by atoms with Gasteiger partial charge in [-0.1, -0.05) is 6.07 Å². The third kappa shape index (κ3) is 6.45. The summed E-state index contributed by atoms with van der Waals surface area (Å²) in [6.45, 7) is 4.49. The maximum atomic E-state index is 12.5. The minimum Gasteiger partial charge on any atom is -0.462 e. The van der Waals surface area contributed by atoms with Crippen molar-refractivity contribution < 1.29 is 32.2 Å². The van der Waals surface area contributed by atoms with Crippen molar-refractivity contribution in [2.24, 2.45) is 4.99 Å². The summed E-state index contributed by atoms with van der Waals surface area (Å²) in [7, 11) is 1.57. The molecule has 1 heterocycles. The Hall–Kier alpha value is -3.60. The first kappa shape index (κ1) is 24.1. The van der Waals surface area contributed by atoms with E-state index >= 15 is 0 Å². The lowest BCUT2D eigenvalue weighted by atomic mass is 10.2. The normalized spacial score (nSPS) is 12.1. The van der Waals surface area contributed by atoms with Crippen LogP contribution in [0.25, 0.3) is 11.0 Å². The summed E-state index contributed by atoms with van der Waals surface area (Å²) in [5, 5.41) is 2.93. The van der Waals surface area contributed by atoms with Gasteiger partial charge in [-0.25, -0.2) is 9.78 Å². The van der Waals surface area contributed by atoms with Crippen LogP contribution in [-0.2, 0) is 16.0 Å². The number of methoxy groups -OCH3 is 1. The number of hydrogen-bond acceptors (Lipinski definition) is 6. The van der Waals surface area contributed by atoms with Crippen LogP contribution in [0, 0.1) is 0 Å². The largest absolute Gasteiger partial charge is 0.573 e. The quantitative estimate of drug-likeness (QED) is 0.289. The average molecular weight is 464 g/mol. The second-order valence-corrected chi connectivity index (χ2v) is 6.88. The lowest BCUT2D eigenvalue weighted by Gasteiger charge is -2.11. The van der Waals surface area contributed by atoms with Gasteiger partial charge in [-0.15, -0.1) is 13.2 Å². The lowest BCUT2D eigenvalue weighted by Crippen LogP contribution is -2.17. The molecule has 0 aliphatic heterocycles. The van der Waals surface area contributed by atoms with Crippen LogP contribution in [0.1, 0.15) is 24.2 Å². The smallest absolute Gasteiger partial charge is 0.462 e. The molecule has 1 aromatic heterocycles.